The number of aryl methyl sites for hydroxylation is 1. The van der Waals surface area contributed by atoms with Crippen LogP contribution >= 0.6 is 0 Å². The SMILES string of the molecule is CCCN(CC1CCCCN1)c1ccc(C)cn1. The molecule has 1 aromatic heterocycles. The van der Waals surface area contributed by atoms with E-state index in [2.05, 4.69) is 41.2 Å². The highest BCUT2D eigenvalue weighted by atomic mass is 15.2. The van der Waals surface area contributed by atoms with Gasteiger partial charge >= 0.3 is 0 Å². The highest BCUT2D eigenvalue weighted by molar-refractivity contribution is 5.39. The molecule has 0 radical (unpaired) electrons. The molecule has 100 valence electrons. The molecule has 0 aliphatic carbocycles. The van der Waals surface area contributed by atoms with Crippen LogP contribution in [0.2, 0.25) is 0 Å². The average Bonchev–Trinajstić information content (AvgIpc) is 2.40. The van der Waals surface area contributed by atoms with Crippen molar-refractivity contribution in [2.45, 2.75) is 45.6 Å². The van der Waals surface area contributed by atoms with Crippen LogP contribution < -0.4 is 10.2 Å². The van der Waals surface area contributed by atoms with Crippen molar-refractivity contribution in [1.29, 1.82) is 0 Å². The summed E-state index contributed by atoms with van der Waals surface area (Å²) in [5.74, 6) is 1.12. The largest absolute Gasteiger partial charge is 0.355 e. The fourth-order valence-electron chi connectivity index (χ4n) is 2.56. The fourth-order valence-corrected chi connectivity index (χ4v) is 2.56. The Hall–Kier alpha value is -1.09. The molecule has 18 heavy (non-hydrogen) atoms. The van der Waals surface area contributed by atoms with E-state index in [0.717, 1.165) is 18.9 Å². The first-order valence-corrected chi connectivity index (χ1v) is 7.20. The molecule has 1 aromatic rings. The molecule has 0 saturated carbocycles. The zero-order valence-corrected chi connectivity index (χ0v) is 11.7. The zero-order valence-electron chi connectivity index (χ0n) is 11.7. The van der Waals surface area contributed by atoms with Crippen molar-refractivity contribution in [3.63, 3.8) is 0 Å². The molecule has 3 nitrogen and oxygen atoms in total. The number of rotatable bonds is 5. The Balaban J connectivity index is 2.00. The molecule has 1 aliphatic heterocycles. The lowest BCUT2D eigenvalue weighted by Crippen LogP contribution is -2.44. The molecule has 0 bridgehead atoms. The summed E-state index contributed by atoms with van der Waals surface area (Å²) < 4.78 is 0. The zero-order chi connectivity index (χ0) is 12.8. The van der Waals surface area contributed by atoms with Crippen molar-refractivity contribution in [2.24, 2.45) is 0 Å². The second kappa shape index (κ2) is 6.74. The lowest BCUT2D eigenvalue weighted by atomic mass is 10.0. The van der Waals surface area contributed by atoms with Gasteiger partial charge in [0.15, 0.2) is 0 Å². The summed E-state index contributed by atoms with van der Waals surface area (Å²) in [7, 11) is 0. The number of hydrogen-bond acceptors (Lipinski definition) is 3. The van der Waals surface area contributed by atoms with Crippen molar-refractivity contribution in [3.05, 3.63) is 23.9 Å². The van der Waals surface area contributed by atoms with Crippen LogP contribution in [0.5, 0.6) is 0 Å². The third-order valence-corrected chi connectivity index (χ3v) is 3.57. The molecule has 1 unspecified atom stereocenters. The topological polar surface area (TPSA) is 28.2 Å². The van der Waals surface area contributed by atoms with Crippen LogP contribution in [0.3, 0.4) is 0 Å². The van der Waals surface area contributed by atoms with Gasteiger partial charge in [-0.05, 0) is 44.4 Å². The number of nitrogens with zero attached hydrogens (tertiary/aromatic N) is 2. The summed E-state index contributed by atoms with van der Waals surface area (Å²) in [6.45, 7) is 7.67. The molecule has 0 spiro atoms. The number of anilines is 1. The van der Waals surface area contributed by atoms with Gasteiger partial charge in [0.05, 0.1) is 0 Å². The highest BCUT2D eigenvalue weighted by Crippen LogP contribution is 2.15. The van der Waals surface area contributed by atoms with E-state index < -0.39 is 0 Å². The molecular weight excluding hydrogens is 222 g/mol. The van der Waals surface area contributed by atoms with Gasteiger partial charge in [0.2, 0.25) is 0 Å². The van der Waals surface area contributed by atoms with E-state index >= 15 is 0 Å². The molecule has 1 saturated heterocycles. The minimum absolute atomic E-state index is 0.633. The molecule has 3 heteroatoms. The van der Waals surface area contributed by atoms with E-state index in [1.807, 2.05) is 6.20 Å². The van der Waals surface area contributed by atoms with Crippen LogP contribution in [0.4, 0.5) is 5.82 Å². The van der Waals surface area contributed by atoms with Gasteiger partial charge in [-0.25, -0.2) is 4.98 Å². The van der Waals surface area contributed by atoms with Crippen LogP contribution in [0.1, 0.15) is 38.2 Å². The van der Waals surface area contributed by atoms with Gasteiger partial charge in [-0.3, -0.25) is 0 Å². The van der Waals surface area contributed by atoms with Crippen LogP contribution in [0, 0.1) is 6.92 Å². The second-order valence-corrected chi connectivity index (χ2v) is 5.29. The maximum absolute atomic E-state index is 4.56. The van der Waals surface area contributed by atoms with Crippen LogP contribution in [0.25, 0.3) is 0 Å². The predicted octanol–water partition coefficient (Wildman–Crippen LogP) is 2.75. The van der Waals surface area contributed by atoms with E-state index in [1.165, 1.54) is 37.8 Å². The Morgan fingerprint density at radius 1 is 1.39 bits per heavy atom. The molecule has 2 rings (SSSR count). The second-order valence-electron chi connectivity index (χ2n) is 5.29. The molecule has 1 aliphatic rings. The fraction of sp³-hybridized carbons (Fsp3) is 0.667. The predicted molar refractivity (Wildman–Crippen MR) is 77.1 cm³/mol. The first kappa shape index (κ1) is 13.3. The minimum atomic E-state index is 0.633. The van der Waals surface area contributed by atoms with Crippen molar-refractivity contribution >= 4 is 5.82 Å². The number of nitrogens with one attached hydrogen (secondary N) is 1. The van der Waals surface area contributed by atoms with Crippen molar-refractivity contribution in [2.75, 3.05) is 24.5 Å². The first-order valence-electron chi connectivity index (χ1n) is 7.20. The van der Waals surface area contributed by atoms with Gasteiger partial charge < -0.3 is 10.2 Å². The van der Waals surface area contributed by atoms with Gasteiger partial charge in [0, 0.05) is 25.3 Å². The maximum Gasteiger partial charge on any atom is 0.128 e. The first-order chi connectivity index (χ1) is 8.79. The smallest absolute Gasteiger partial charge is 0.128 e. The van der Waals surface area contributed by atoms with Gasteiger partial charge in [-0.1, -0.05) is 19.4 Å². The monoisotopic (exact) mass is 247 g/mol. The normalized spacial score (nSPS) is 19.8. The summed E-state index contributed by atoms with van der Waals surface area (Å²) in [6, 6.07) is 4.93. The van der Waals surface area contributed by atoms with Crippen molar-refractivity contribution in [1.82, 2.24) is 10.3 Å². The van der Waals surface area contributed by atoms with E-state index in [0.29, 0.717) is 6.04 Å². The lowest BCUT2D eigenvalue weighted by molar-refractivity contribution is 0.398. The Kier molecular flexibility index (Phi) is 5.00. The third kappa shape index (κ3) is 3.70. The highest BCUT2D eigenvalue weighted by Gasteiger charge is 2.17. The van der Waals surface area contributed by atoms with Crippen LogP contribution in [-0.2, 0) is 0 Å². The van der Waals surface area contributed by atoms with Crippen LogP contribution in [-0.4, -0.2) is 30.7 Å². The molecule has 1 atom stereocenters. The van der Waals surface area contributed by atoms with E-state index in [-0.39, 0.29) is 0 Å². The molecule has 2 heterocycles. The summed E-state index contributed by atoms with van der Waals surface area (Å²) in [6.07, 6.45) is 7.12. The Morgan fingerprint density at radius 3 is 2.89 bits per heavy atom. The van der Waals surface area contributed by atoms with E-state index in [4.69, 9.17) is 0 Å². The number of aromatic nitrogens is 1. The Bertz CT molecular complexity index is 341. The summed E-state index contributed by atoms with van der Waals surface area (Å²) in [5, 5.41) is 3.62. The lowest BCUT2D eigenvalue weighted by Gasteiger charge is -2.31. The quantitative estimate of drug-likeness (QED) is 0.867. The van der Waals surface area contributed by atoms with Gasteiger partial charge in [0.25, 0.3) is 0 Å². The maximum atomic E-state index is 4.56. The molecule has 1 N–H and O–H groups in total. The molecular formula is C15H25N3. The van der Waals surface area contributed by atoms with Crippen LogP contribution in [0.15, 0.2) is 18.3 Å². The number of pyridine rings is 1. The Morgan fingerprint density at radius 2 is 2.28 bits per heavy atom. The molecule has 1 fully saturated rings. The van der Waals surface area contributed by atoms with E-state index in [9.17, 15) is 0 Å². The third-order valence-electron chi connectivity index (χ3n) is 3.57. The summed E-state index contributed by atoms with van der Waals surface area (Å²) in [4.78, 5) is 6.98. The Labute approximate surface area is 111 Å². The average molecular weight is 247 g/mol. The number of piperidine rings is 1. The molecule has 0 aromatic carbocycles. The van der Waals surface area contributed by atoms with Crippen molar-refractivity contribution < 1.29 is 0 Å². The number of hydrogen-bond donors (Lipinski definition) is 1. The molecule has 0 amide bonds. The standard InChI is InChI=1S/C15H25N3/c1-3-10-18(12-14-6-4-5-9-16-14)15-8-7-13(2)11-17-15/h7-8,11,14,16H,3-6,9-10,12H2,1-2H3. The summed E-state index contributed by atoms with van der Waals surface area (Å²) >= 11 is 0. The van der Waals surface area contributed by atoms with Gasteiger partial charge in [-0.2, -0.15) is 0 Å². The van der Waals surface area contributed by atoms with E-state index in [1.54, 1.807) is 0 Å². The minimum Gasteiger partial charge on any atom is -0.355 e. The van der Waals surface area contributed by atoms with Crippen molar-refractivity contribution in [3.8, 4) is 0 Å². The summed E-state index contributed by atoms with van der Waals surface area (Å²) in [5.41, 5.74) is 1.23. The van der Waals surface area contributed by atoms with Gasteiger partial charge in [0.1, 0.15) is 5.82 Å². The van der Waals surface area contributed by atoms with Gasteiger partial charge in [-0.15, -0.1) is 0 Å².